The van der Waals surface area contributed by atoms with Crippen LogP contribution >= 0.6 is 11.6 Å². The summed E-state index contributed by atoms with van der Waals surface area (Å²) in [5.41, 5.74) is 7.52. The second kappa shape index (κ2) is 7.50. The van der Waals surface area contributed by atoms with Gasteiger partial charge in [0.1, 0.15) is 11.0 Å². The number of aryl methyl sites for hydroxylation is 2. The van der Waals surface area contributed by atoms with Gasteiger partial charge in [-0.3, -0.25) is 9.58 Å². The van der Waals surface area contributed by atoms with Crippen LogP contribution in [-0.4, -0.2) is 38.8 Å². The van der Waals surface area contributed by atoms with Crippen LogP contribution in [0, 0.1) is 12.8 Å². The summed E-state index contributed by atoms with van der Waals surface area (Å²) in [5, 5.41) is 16.6. The SMILES string of the molecule is Cc1nn(C)c(Cl)c1CN(CCC(N)=NO)CC(C)C. The Kier molecular flexibility index (Phi) is 6.29. The van der Waals surface area contributed by atoms with Gasteiger partial charge in [-0.2, -0.15) is 5.10 Å². The van der Waals surface area contributed by atoms with Gasteiger partial charge in [-0.05, 0) is 12.8 Å². The van der Waals surface area contributed by atoms with Crippen LogP contribution < -0.4 is 5.73 Å². The van der Waals surface area contributed by atoms with Gasteiger partial charge in [-0.25, -0.2) is 0 Å². The Bertz CT molecular complexity index is 470. The number of hydrogen-bond donors (Lipinski definition) is 2. The first-order chi connectivity index (χ1) is 9.35. The molecule has 0 unspecified atom stereocenters. The maximum absolute atomic E-state index is 8.62. The van der Waals surface area contributed by atoms with Crippen LogP contribution in [0.5, 0.6) is 0 Å². The van der Waals surface area contributed by atoms with Crippen molar-refractivity contribution in [1.29, 1.82) is 0 Å². The Hall–Kier alpha value is -1.27. The van der Waals surface area contributed by atoms with E-state index in [4.69, 9.17) is 22.5 Å². The molecule has 0 atom stereocenters. The number of nitrogens with zero attached hydrogens (tertiary/aromatic N) is 4. The lowest BCUT2D eigenvalue weighted by Gasteiger charge is -2.24. The van der Waals surface area contributed by atoms with Crippen molar-refractivity contribution in [2.24, 2.45) is 23.9 Å². The average Bonchev–Trinajstić information content (AvgIpc) is 2.61. The standard InChI is InChI=1S/C13H24ClN5O/c1-9(2)7-19(6-5-12(15)17-20)8-11-10(3)16-18(4)13(11)14/h9,20H,5-8H2,1-4H3,(H2,15,17). The second-order valence-corrected chi connectivity index (χ2v) is 5.81. The number of halogens is 1. The molecule has 1 aromatic rings. The van der Waals surface area contributed by atoms with Crippen LogP contribution in [0.4, 0.5) is 0 Å². The molecule has 1 aromatic heterocycles. The summed E-state index contributed by atoms with van der Waals surface area (Å²) in [4.78, 5) is 2.25. The molecule has 1 heterocycles. The van der Waals surface area contributed by atoms with Gasteiger partial charge in [0.05, 0.1) is 5.69 Å². The maximum Gasteiger partial charge on any atom is 0.140 e. The smallest absolute Gasteiger partial charge is 0.140 e. The van der Waals surface area contributed by atoms with Crippen LogP contribution in [0.1, 0.15) is 31.5 Å². The molecule has 0 bridgehead atoms. The molecule has 3 N–H and O–H groups in total. The monoisotopic (exact) mass is 301 g/mol. The minimum Gasteiger partial charge on any atom is -0.409 e. The molecule has 0 aliphatic carbocycles. The largest absolute Gasteiger partial charge is 0.409 e. The van der Waals surface area contributed by atoms with Crippen molar-refractivity contribution in [2.75, 3.05) is 13.1 Å². The van der Waals surface area contributed by atoms with E-state index in [1.165, 1.54) is 0 Å². The molecule has 0 amide bonds. The molecule has 0 aliphatic heterocycles. The molecule has 7 heteroatoms. The van der Waals surface area contributed by atoms with E-state index in [-0.39, 0.29) is 5.84 Å². The lowest BCUT2D eigenvalue weighted by Crippen LogP contribution is -2.31. The van der Waals surface area contributed by atoms with Gasteiger partial charge in [0.15, 0.2) is 0 Å². The topological polar surface area (TPSA) is 79.7 Å². The lowest BCUT2D eigenvalue weighted by molar-refractivity contribution is 0.240. The fourth-order valence-electron chi connectivity index (χ4n) is 2.15. The normalized spacial score (nSPS) is 12.7. The van der Waals surface area contributed by atoms with Crippen molar-refractivity contribution in [3.05, 3.63) is 16.4 Å². The van der Waals surface area contributed by atoms with Crippen LogP contribution in [0.15, 0.2) is 5.16 Å². The molecule has 0 aliphatic rings. The number of nitrogens with two attached hydrogens (primary N) is 1. The van der Waals surface area contributed by atoms with Gasteiger partial charge in [-0.1, -0.05) is 30.6 Å². The van der Waals surface area contributed by atoms with Crippen molar-refractivity contribution in [2.45, 2.75) is 33.7 Å². The van der Waals surface area contributed by atoms with Crippen molar-refractivity contribution < 1.29 is 5.21 Å². The van der Waals surface area contributed by atoms with Crippen molar-refractivity contribution in [1.82, 2.24) is 14.7 Å². The molecule has 0 fully saturated rings. The zero-order valence-electron chi connectivity index (χ0n) is 12.6. The van der Waals surface area contributed by atoms with Crippen LogP contribution in [0.25, 0.3) is 0 Å². The molecular formula is C13H24ClN5O. The van der Waals surface area contributed by atoms with E-state index in [2.05, 4.69) is 29.0 Å². The Morgan fingerprint density at radius 3 is 2.65 bits per heavy atom. The van der Waals surface area contributed by atoms with Crippen LogP contribution in [0.3, 0.4) is 0 Å². The summed E-state index contributed by atoms with van der Waals surface area (Å²) in [6, 6.07) is 0. The van der Waals surface area contributed by atoms with Crippen molar-refractivity contribution in [3.63, 3.8) is 0 Å². The summed E-state index contributed by atoms with van der Waals surface area (Å²) in [6.45, 7) is 8.64. The molecular weight excluding hydrogens is 278 g/mol. The minimum atomic E-state index is 0.243. The van der Waals surface area contributed by atoms with E-state index in [0.717, 1.165) is 30.9 Å². The number of rotatable bonds is 7. The van der Waals surface area contributed by atoms with Gasteiger partial charge in [0.2, 0.25) is 0 Å². The number of hydrogen-bond acceptors (Lipinski definition) is 4. The Morgan fingerprint density at radius 1 is 1.55 bits per heavy atom. The third kappa shape index (κ3) is 4.68. The minimum absolute atomic E-state index is 0.243. The summed E-state index contributed by atoms with van der Waals surface area (Å²) in [5.74, 6) is 0.769. The predicted molar refractivity (Wildman–Crippen MR) is 81.1 cm³/mol. The van der Waals surface area contributed by atoms with E-state index in [0.29, 0.717) is 17.5 Å². The summed E-state index contributed by atoms with van der Waals surface area (Å²) in [6.07, 6.45) is 0.528. The Labute approximate surface area is 125 Å². The first-order valence-corrected chi connectivity index (χ1v) is 7.09. The Balaban J connectivity index is 2.78. The van der Waals surface area contributed by atoms with Gasteiger partial charge >= 0.3 is 0 Å². The van der Waals surface area contributed by atoms with Gasteiger partial charge in [0, 0.05) is 38.7 Å². The average molecular weight is 302 g/mol. The molecule has 20 heavy (non-hydrogen) atoms. The summed E-state index contributed by atoms with van der Waals surface area (Å²) < 4.78 is 1.68. The molecule has 114 valence electrons. The van der Waals surface area contributed by atoms with Gasteiger partial charge in [0.25, 0.3) is 0 Å². The van der Waals surface area contributed by atoms with Gasteiger partial charge < -0.3 is 10.9 Å². The summed E-state index contributed by atoms with van der Waals surface area (Å²) >= 11 is 6.27. The molecule has 0 aromatic carbocycles. The first-order valence-electron chi connectivity index (χ1n) is 6.71. The quantitative estimate of drug-likeness (QED) is 0.349. The fraction of sp³-hybridized carbons (Fsp3) is 0.692. The molecule has 0 radical (unpaired) electrons. The third-order valence-corrected chi connectivity index (χ3v) is 3.56. The molecule has 6 nitrogen and oxygen atoms in total. The second-order valence-electron chi connectivity index (χ2n) is 5.45. The number of amidine groups is 1. The van der Waals surface area contributed by atoms with E-state index in [1.54, 1.807) is 4.68 Å². The van der Waals surface area contributed by atoms with Crippen LogP contribution in [0.2, 0.25) is 5.15 Å². The first kappa shape index (κ1) is 16.8. The Morgan fingerprint density at radius 2 is 2.20 bits per heavy atom. The summed E-state index contributed by atoms with van der Waals surface area (Å²) in [7, 11) is 1.84. The van der Waals surface area contributed by atoms with E-state index in [1.807, 2.05) is 14.0 Å². The highest BCUT2D eigenvalue weighted by atomic mass is 35.5. The highest BCUT2D eigenvalue weighted by molar-refractivity contribution is 6.30. The van der Waals surface area contributed by atoms with E-state index in [9.17, 15) is 0 Å². The highest BCUT2D eigenvalue weighted by Gasteiger charge is 2.16. The van der Waals surface area contributed by atoms with Gasteiger partial charge in [-0.15, -0.1) is 0 Å². The molecule has 1 rings (SSSR count). The zero-order chi connectivity index (χ0) is 15.3. The predicted octanol–water partition coefficient (Wildman–Crippen LogP) is 1.98. The lowest BCUT2D eigenvalue weighted by atomic mass is 10.1. The molecule has 0 saturated carbocycles. The maximum atomic E-state index is 8.62. The van der Waals surface area contributed by atoms with Crippen LogP contribution in [-0.2, 0) is 13.6 Å². The van der Waals surface area contributed by atoms with E-state index >= 15 is 0 Å². The zero-order valence-corrected chi connectivity index (χ0v) is 13.4. The highest BCUT2D eigenvalue weighted by Crippen LogP contribution is 2.21. The number of aromatic nitrogens is 2. The number of oxime groups is 1. The molecule has 0 saturated heterocycles. The van der Waals surface area contributed by atoms with Crippen molar-refractivity contribution in [3.8, 4) is 0 Å². The third-order valence-electron chi connectivity index (χ3n) is 3.09. The van der Waals surface area contributed by atoms with E-state index < -0.39 is 0 Å². The van der Waals surface area contributed by atoms with Crippen molar-refractivity contribution >= 4 is 17.4 Å². The fourth-order valence-corrected chi connectivity index (χ4v) is 2.39. The molecule has 0 spiro atoms.